The van der Waals surface area contributed by atoms with Crippen molar-refractivity contribution < 1.29 is 15.2 Å². The van der Waals surface area contributed by atoms with E-state index in [1.807, 2.05) is 13.8 Å². The monoisotopic (exact) mass is 866 g/mol. The SMILES string of the molecule is [2H]C(C)(C)c1ccc(-c2cc[n+]3c(c2)-c2cc(-c4ccccc4)cc4c2C32Oc3ccccc3-c3n(-c5cc(-c6ccccc6)c(C)cc5-c5ccc(C(C)(C)C)cc5)c5cccc-4c5[n+]32)cc1. The zero-order valence-electron chi connectivity index (χ0n) is 39.7. The van der Waals surface area contributed by atoms with Crippen molar-refractivity contribution in [2.75, 3.05) is 0 Å². The molecule has 4 nitrogen and oxygen atoms in total. The number of hydrogen-bond donors (Lipinski definition) is 0. The Bertz CT molecular complexity index is 3710. The van der Waals surface area contributed by atoms with E-state index in [4.69, 9.17) is 6.11 Å². The molecule has 0 saturated carbocycles. The number of aryl methyl sites for hydroxylation is 1. The fourth-order valence-corrected chi connectivity index (χ4v) is 11.2. The number of hydrogen-bond acceptors (Lipinski definition) is 1. The second-order valence-corrected chi connectivity index (χ2v) is 19.8. The van der Waals surface area contributed by atoms with Crippen LogP contribution in [0.1, 0.15) is 64.1 Å². The maximum Gasteiger partial charge on any atom is 0.499 e. The van der Waals surface area contributed by atoms with Crippen LogP contribution in [0.5, 0.6) is 5.75 Å². The Morgan fingerprint density at radius 1 is 0.552 bits per heavy atom. The summed E-state index contributed by atoms with van der Waals surface area (Å²) in [6, 6.07) is 68.9. The number of pyridine rings is 1. The average molecular weight is 867 g/mol. The standard InChI is InChI=1S/C63H51N3O/c1-39(2)41-24-26-43(27-25-41)46-32-33-64-56(37-46)54-36-47(42-16-9-7-10-17-42)35-53-49-21-15-22-55-60(49)66-61(50-20-13-14-23-58(50)67-63(64,66)59(53)54)65(55)57-38-51(44-18-11-8-12-19-44)40(3)34-52(57)45-28-30-48(31-29-45)62(4,5)6/h7-39H,1-6H3/q+2/i39D. The molecule has 1 spiro atoms. The molecule has 0 amide bonds. The van der Waals surface area contributed by atoms with Crippen LogP contribution in [0, 0.1) is 6.92 Å². The minimum Gasteiger partial charge on any atom is -0.392 e. The third-order valence-corrected chi connectivity index (χ3v) is 14.5. The van der Waals surface area contributed by atoms with Crippen LogP contribution in [0.2, 0.25) is 0 Å². The van der Waals surface area contributed by atoms with Gasteiger partial charge < -0.3 is 4.74 Å². The van der Waals surface area contributed by atoms with Gasteiger partial charge in [-0.15, -0.1) is 9.13 Å². The quantitative estimate of drug-likeness (QED) is 0.153. The summed E-state index contributed by atoms with van der Waals surface area (Å²) >= 11 is 0. The molecule has 13 rings (SSSR count). The van der Waals surface area contributed by atoms with Crippen molar-refractivity contribution in [3.05, 3.63) is 217 Å². The molecule has 0 saturated heterocycles. The van der Waals surface area contributed by atoms with Gasteiger partial charge in [0.05, 0.1) is 5.56 Å². The van der Waals surface area contributed by atoms with Gasteiger partial charge in [-0.3, -0.25) is 0 Å². The van der Waals surface area contributed by atoms with Crippen molar-refractivity contribution >= 4 is 11.0 Å². The Morgan fingerprint density at radius 2 is 1.19 bits per heavy atom. The molecule has 322 valence electrons. The molecule has 3 aliphatic heterocycles. The van der Waals surface area contributed by atoms with Gasteiger partial charge in [0.2, 0.25) is 5.69 Å². The molecule has 1 unspecified atom stereocenters. The van der Waals surface area contributed by atoms with Crippen molar-refractivity contribution in [3.8, 4) is 89.7 Å². The molecule has 0 fully saturated rings. The molecule has 3 aliphatic rings. The minimum atomic E-state index is -1.10. The molecular weight excluding hydrogens is 815 g/mol. The van der Waals surface area contributed by atoms with Gasteiger partial charge in [0.1, 0.15) is 22.6 Å². The number of nitrogens with zero attached hydrogens (tertiary/aromatic N) is 3. The second kappa shape index (κ2) is 14.3. The molecule has 0 bridgehead atoms. The lowest BCUT2D eigenvalue weighted by Gasteiger charge is -2.32. The average Bonchev–Trinajstić information content (AvgIpc) is 3.85. The maximum absolute atomic E-state index is 8.69. The summed E-state index contributed by atoms with van der Waals surface area (Å²) in [7, 11) is 0. The van der Waals surface area contributed by atoms with Crippen LogP contribution in [-0.2, 0) is 11.3 Å². The number of aromatic nitrogens is 3. The molecule has 0 aliphatic carbocycles. The lowest BCUT2D eigenvalue weighted by atomic mass is 9.85. The van der Waals surface area contributed by atoms with Crippen LogP contribution in [0.15, 0.2) is 194 Å². The number of imidazole rings is 1. The highest BCUT2D eigenvalue weighted by molar-refractivity contribution is 6.00. The summed E-state index contributed by atoms with van der Waals surface area (Å²) in [4.78, 5) is 0. The summed E-state index contributed by atoms with van der Waals surface area (Å²) in [5.41, 5.74) is 22.8. The third kappa shape index (κ3) is 5.72. The summed E-state index contributed by atoms with van der Waals surface area (Å²) in [5.74, 6) is 0.104. The summed E-state index contributed by atoms with van der Waals surface area (Å²) in [6.07, 6.45) is 2.24. The third-order valence-electron chi connectivity index (χ3n) is 14.5. The Morgan fingerprint density at radius 3 is 1.93 bits per heavy atom. The molecule has 2 aromatic heterocycles. The summed E-state index contributed by atoms with van der Waals surface area (Å²) in [6.45, 7) is 13.0. The first-order valence-electron chi connectivity index (χ1n) is 24.0. The Balaban J connectivity index is 1.16. The molecule has 8 aromatic carbocycles. The number of benzene rings is 8. The Kier molecular flexibility index (Phi) is 8.23. The van der Waals surface area contributed by atoms with E-state index in [0.29, 0.717) is 0 Å². The van der Waals surface area contributed by atoms with Crippen LogP contribution in [0.4, 0.5) is 0 Å². The zero-order chi connectivity index (χ0) is 46.3. The lowest BCUT2D eigenvalue weighted by molar-refractivity contribution is -0.997. The van der Waals surface area contributed by atoms with Crippen LogP contribution in [0.3, 0.4) is 0 Å². The van der Waals surface area contributed by atoms with Crippen LogP contribution >= 0.6 is 0 Å². The van der Waals surface area contributed by atoms with Crippen molar-refractivity contribution in [2.24, 2.45) is 0 Å². The van der Waals surface area contributed by atoms with Gasteiger partial charge in [-0.25, -0.2) is 0 Å². The highest BCUT2D eigenvalue weighted by Gasteiger charge is 2.68. The largest absolute Gasteiger partial charge is 0.499 e. The topological polar surface area (TPSA) is 21.9 Å². The van der Waals surface area contributed by atoms with E-state index in [1.165, 1.54) is 38.9 Å². The highest BCUT2D eigenvalue weighted by atomic mass is 16.5. The van der Waals surface area contributed by atoms with E-state index in [-0.39, 0.29) is 5.41 Å². The van der Waals surface area contributed by atoms with Crippen LogP contribution in [0.25, 0.3) is 95.0 Å². The fourth-order valence-electron chi connectivity index (χ4n) is 11.2. The number of rotatable bonds is 6. The van der Waals surface area contributed by atoms with Gasteiger partial charge in [0.25, 0.3) is 0 Å². The fraction of sp³-hybridized carbons (Fsp3) is 0.143. The number of fused-ring (bicyclic) bond motifs is 5. The molecule has 5 heterocycles. The highest BCUT2D eigenvalue weighted by Crippen LogP contribution is 2.55. The van der Waals surface area contributed by atoms with Crippen LogP contribution in [-0.4, -0.2) is 4.57 Å². The number of para-hydroxylation sites is 2. The Hall–Kier alpha value is -7.82. The van der Waals surface area contributed by atoms with Gasteiger partial charge >= 0.3 is 11.7 Å². The summed E-state index contributed by atoms with van der Waals surface area (Å²) < 4.78 is 23.9. The molecule has 4 heteroatoms. The van der Waals surface area contributed by atoms with Crippen molar-refractivity contribution in [1.29, 1.82) is 0 Å². The smallest absolute Gasteiger partial charge is 0.392 e. The van der Waals surface area contributed by atoms with E-state index < -0.39 is 11.7 Å². The van der Waals surface area contributed by atoms with Gasteiger partial charge in [0, 0.05) is 30.2 Å². The zero-order valence-corrected chi connectivity index (χ0v) is 38.7. The van der Waals surface area contributed by atoms with Crippen molar-refractivity contribution in [1.82, 2.24) is 4.57 Å². The van der Waals surface area contributed by atoms with E-state index >= 15 is 0 Å². The predicted octanol–water partition coefficient (Wildman–Crippen LogP) is 14.8. The van der Waals surface area contributed by atoms with E-state index in [1.54, 1.807) is 0 Å². The first-order valence-corrected chi connectivity index (χ1v) is 23.5. The first-order chi connectivity index (χ1) is 32.9. The van der Waals surface area contributed by atoms with Gasteiger partial charge in [-0.05, 0) is 122 Å². The summed E-state index contributed by atoms with van der Waals surface area (Å²) in [5, 5.41) is 0. The van der Waals surface area contributed by atoms with E-state index in [9.17, 15) is 0 Å². The van der Waals surface area contributed by atoms with Crippen LogP contribution < -0.4 is 13.9 Å². The number of ether oxygens (including phenoxy) is 1. The van der Waals surface area contributed by atoms with E-state index in [0.717, 1.165) is 84.1 Å². The molecule has 67 heavy (non-hydrogen) atoms. The molecular formula is C63H51N3O+2. The Labute approximate surface area is 394 Å². The van der Waals surface area contributed by atoms with Crippen molar-refractivity contribution in [2.45, 2.75) is 58.7 Å². The molecule has 1 atom stereocenters. The van der Waals surface area contributed by atoms with Gasteiger partial charge in [-0.2, -0.15) is 4.57 Å². The second-order valence-electron chi connectivity index (χ2n) is 19.8. The van der Waals surface area contributed by atoms with Gasteiger partial charge in [0.15, 0.2) is 17.2 Å². The minimum absolute atomic E-state index is 0.0265. The van der Waals surface area contributed by atoms with E-state index in [2.05, 4.69) is 236 Å². The lowest BCUT2D eigenvalue weighted by Crippen LogP contribution is -2.78. The predicted molar refractivity (Wildman–Crippen MR) is 272 cm³/mol. The van der Waals surface area contributed by atoms with Gasteiger partial charge in [-0.1, -0.05) is 162 Å². The molecule has 0 N–H and O–H groups in total. The molecule has 10 aromatic rings. The first kappa shape index (κ1) is 38.4. The van der Waals surface area contributed by atoms with Crippen molar-refractivity contribution in [3.63, 3.8) is 0 Å². The normalized spacial score (nSPS) is 15.4. The maximum atomic E-state index is 8.69. The molecule has 0 radical (unpaired) electrons.